The van der Waals surface area contributed by atoms with E-state index in [1.54, 1.807) is 13.1 Å². The fourth-order valence-corrected chi connectivity index (χ4v) is 1.27. The normalized spacial score (nSPS) is 11.4. The fourth-order valence-electron chi connectivity index (χ4n) is 1.27. The van der Waals surface area contributed by atoms with Gasteiger partial charge in [-0.05, 0) is 19.2 Å². The molecule has 0 aliphatic heterocycles. The first-order chi connectivity index (χ1) is 8.62. The van der Waals surface area contributed by atoms with Crippen LogP contribution in [-0.2, 0) is 0 Å². The smallest absolute Gasteiger partial charge is 0.314 e. The highest BCUT2D eigenvalue weighted by Crippen LogP contribution is 2.30. The molecule has 0 heterocycles. The van der Waals surface area contributed by atoms with E-state index in [9.17, 15) is 10.1 Å². The van der Waals surface area contributed by atoms with Crippen molar-refractivity contribution in [2.75, 3.05) is 20.8 Å². The minimum atomic E-state index is -0.550. The number of ether oxygens (including phenoxy) is 2. The maximum Gasteiger partial charge on any atom is 0.314 e. The molecule has 0 fully saturated rings. The van der Waals surface area contributed by atoms with E-state index >= 15 is 0 Å². The number of likely N-dealkylation sites (N-methyl/N-ethyl adjacent to an activating group) is 1. The minimum Gasteiger partial charge on any atom is -0.491 e. The van der Waals surface area contributed by atoms with Gasteiger partial charge in [0.25, 0.3) is 0 Å². The number of methoxy groups -OCH3 is 1. The predicted molar refractivity (Wildman–Crippen MR) is 63.6 cm³/mol. The number of hydrogen-bond donors (Lipinski definition) is 1. The fraction of sp³-hybridized carbons (Fsp3) is 0.364. The molecule has 96 valence electrons. The van der Waals surface area contributed by atoms with Crippen molar-refractivity contribution in [3.63, 3.8) is 0 Å². The third-order valence-corrected chi connectivity index (χ3v) is 2.27. The van der Waals surface area contributed by atoms with Crippen LogP contribution in [0.5, 0.6) is 11.5 Å². The summed E-state index contributed by atoms with van der Waals surface area (Å²) in [5.74, 6) is 0.482. The van der Waals surface area contributed by atoms with E-state index in [0.717, 1.165) is 0 Å². The quantitative estimate of drug-likeness (QED) is 0.600. The molecule has 0 aliphatic carbocycles. The number of rotatable bonds is 6. The molecule has 0 radical (unpaired) electrons. The summed E-state index contributed by atoms with van der Waals surface area (Å²) in [5, 5.41) is 22.2. The highest BCUT2D eigenvalue weighted by Gasteiger charge is 2.16. The number of nitriles is 1. The maximum absolute atomic E-state index is 10.8. The first-order valence-electron chi connectivity index (χ1n) is 5.14. The Morgan fingerprint density at radius 3 is 2.83 bits per heavy atom. The molecule has 1 aromatic rings. The van der Waals surface area contributed by atoms with Gasteiger partial charge in [0.05, 0.1) is 24.2 Å². The van der Waals surface area contributed by atoms with Gasteiger partial charge >= 0.3 is 5.69 Å². The van der Waals surface area contributed by atoms with E-state index in [0.29, 0.717) is 5.75 Å². The number of hydrogen-bond acceptors (Lipinski definition) is 6. The van der Waals surface area contributed by atoms with Crippen LogP contribution in [0.25, 0.3) is 0 Å². The van der Waals surface area contributed by atoms with E-state index in [-0.39, 0.29) is 18.0 Å². The van der Waals surface area contributed by atoms with E-state index in [4.69, 9.17) is 14.7 Å². The molecular formula is C11H13N3O4. The molecule has 7 heteroatoms. The number of benzene rings is 1. The Morgan fingerprint density at radius 2 is 2.33 bits per heavy atom. The van der Waals surface area contributed by atoms with Crippen LogP contribution in [0.15, 0.2) is 18.2 Å². The summed E-state index contributed by atoms with van der Waals surface area (Å²) in [5.41, 5.74) is -0.173. The zero-order valence-corrected chi connectivity index (χ0v) is 10.0. The topological polar surface area (TPSA) is 97.4 Å². The highest BCUT2D eigenvalue weighted by molar-refractivity contribution is 5.50. The van der Waals surface area contributed by atoms with Crippen molar-refractivity contribution in [3.8, 4) is 17.6 Å². The summed E-state index contributed by atoms with van der Waals surface area (Å²) < 4.78 is 10.2. The summed E-state index contributed by atoms with van der Waals surface area (Å²) >= 11 is 0. The lowest BCUT2D eigenvalue weighted by Gasteiger charge is -2.10. The second-order valence-corrected chi connectivity index (χ2v) is 3.37. The second-order valence-electron chi connectivity index (χ2n) is 3.37. The van der Waals surface area contributed by atoms with Gasteiger partial charge in [-0.15, -0.1) is 0 Å². The number of nitro benzene ring substituents is 1. The zero-order valence-electron chi connectivity index (χ0n) is 10.0. The van der Waals surface area contributed by atoms with Crippen LogP contribution in [-0.4, -0.2) is 31.7 Å². The van der Waals surface area contributed by atoms with E-state index < -0.39 is 11.0 Å². The zero-order chi connectivity index (χ0) is 13.5. The first-order valence-corrected chi connectivity index (χ1v) is 5.14. The van der Waals surface area contributed by atoms with Crippen molar-refractivity contribution in [1.29, 1.82) is 5.26 Å². The summed E-state index contributed by atoms with van der Waals surface area (Å²) in [6.45, 7) is 0.108. The van der Waals surface area contributed by atoms with Crippen LogP contribution in [0.2, 0.25) is 0 Å². The Balaban J connectivity index is 2.83. The molecule has 1 aromatic carbocycles. The van der Waals surface area contributed by atoms with Crippen LogP contribution in [0.3, 0.4) is 0 Å². The lowest BCUT2D eigenvalue weighted by atomic mass is 10.2. The van der Waals surface area contributed by atoms with Crippen molar-refractivity contribution in [3.05, 3.63) is 28.3 Å². The Bertz CT molecular complexity index is 470. The largest absolute Gasteiger partial charge is 0.491 e. The molecule has 1 unspecified atom stereocenters. The molecule has 0 bridgehead atoms. The number of nitro groups is 1. The standard InChI is InChI=1S/C11H13N3O4/c1-13-8(6-12)7-18-9-3-4-11(17-2)10(5-9)14(15)16/h3-5,8,13H,7H2,1-2H3. The third kappa shape index (κ3) is 3.33. The summed E-state index contributed by atoms with van der Waals surface area (Å²) in [6.07, 6.45) is 0. The Hall–Kier alpha value is -2.33. The van der Waals surface area contributed by atoms with Crippen molar-refractivity contribution >= 4 is 5.69 Å². The van der Waals surface area contributed by atoms with E-state index in [1.165, 1.54) is 19.2 Å². The Labute approximate surface area is 104 Å². The molecule has 7 nitrogen and oxygen atoms in total. The average Bonchev–Trinajstić information content (AvgIpc) is 2.39. The highest BCUT2D eigenvalue weighted by atomic mass is 16.6. The first kappa shape index (κ1) is 13.7. The third-order valence-electron chi connectivity index (χ3n) is 2.27. The molecule has 0 saturated heterocycles. The molecule has 0 aromatic heterocycles. The average molecular weight is 251 g/mol. The molecule has 0 saturated carbocycles. The van der Waals surface area contributed by atoms with Crippen molar-refractivity contribution in [1.82, 2.24) is 5.32 Å². The molecule has 1 atom stereocenters. The second kappa shape index (κ2) is 6.42. The molecule has 1 N–H and O–H groups in total. The molecule has 0 spiro atoms. The van der Waals surface area contributed by atoms with Gasteiger partial charge in [-0.3, -0.25) is 10.1 Å². The van der Waals surface area contributed by atoms with Crippen molar-refractivity contribution in [2.24, 2.45) is 0 Å². The Morgan fingerprint density at radius 1 is 1.61 bits per heavy atom. The molecule has 0 aliphatic rings. The van der Waals surface area contributed by atoms with Crippen LogP contribution in [0.4, 0.5) is 5.69 Å². The van der Waals surface area contributed by atoms with Gasteiger partial charge < -0.3 is 14.8 Å². The molecular weight excluding hydrogens is 238 g/mol. The van der Waals surface area contributed by atoms with Crippen LogP contribution >= 0.6 is 0 Å². The van der Waals surface area contributed by atoms with Gasteiger partial charge in [0.1, 0.15) is 18.4 Å². The lowest BCUT2D eigenvalue weighted by molar-refractivity contribution is -0.385. The molecule has 18 heavy (non-hydrogen) atoms. The van der Waals surface area contributed by atoms with Crippen molar-refractivity contribution < 1.29 is 14.4 Å². The van der Waals surface area contributed by atoms with Gasteiger partial charge in [0.15, 0.2) is 5.75 Å². The van der Waals surface area contributed by atoms with Gasteiger partial charge in [-0.2, -0.15) is 5.26 Å². The van der Waals surface area contributed by atoms with Gasteiger partial charge in [-0.25, -0.2) is 0 Å². The number of nitrogens with one attached hydrogen (secondary N) is 1. The maximum atomic E-state index is 10.8. The SMILES string of the molecule is CNC(C#N)COc1ccc(OC)c([N+](=O)[O-])c1. The van der Waals surface area contributed by atoms with Crippen molar-refractivity contribution in [2.45, 2.75) is 6.04 Å². The molecule has 0 amide bonds. The number of nitrogens with zero attached hydrogens (tertiary/aromatic N) is 2. The van der Waals surface area contributed by atoms with Crippen LogP contribution in [0, 0.1) is 21.4 Å². The summed E-state index contributed by atoms with van der Waals surface area (Å²) in [4.78, 5) is 10.2. The van der Waals surface area contributed by atoms with Crippen LogP contribution < -0.4 is 14.8 Å². The minimum absolute atomic E-state index is 0.108. The summed E-state index contributed by atoms with van der Waals surface area (Å²) in [7, 11) is 2.99. The van der Waals surface area contributed by atoms with E-state index in [1.807, 2.05) is 6.07 Å². The van der Waals surface area contributed by atoms with Crippen LogP contribution in [0.1, 0.15) is 0 Å². The lowest BCUT2D eigenvalue weighted by Crippen LogP contribution is -2.29. The van der Waals surface area contributed by atoms with E-state index in [2.05, 4.69) is 5.32 Å². The predicted octanol–water partition coefficient (Wildman–Crippen LogP) is 1.09. The van der Waals surface area contributed by atoms with Gasteiger partial charge in [0, 0.05) is 0 Å². The van der Waals surface area contributed by atoms with Gasteiger partial charge in [0.2, 0.25) is 0 Å². The molecule has 1 rings (SSSR count). The summed E-state index contributed by atoms with van der Waals surface area (Å²) in [6, 6.07) is 5.79. The monoisotopic (exact) mass is 251 g/mol. The Kier molecular flexibility index (Phi) is 4.90. The van der Waals surface area contributed by atoms with Gasteiger partial charge in [-0.1, -0.05) is 0 Å².